The van der Waals surface area contributed by atoms with Crippen LogP contribution in [0.5, 0.6) is 17.2 Å². The van der Waals surface area contributed by atoms with Crippen LogP contribution in [-0.4, -0.2) is 36.7 Å². The van der Waals surface area contributed by atoms with Gasteiger partial charge in [-0.3, -0.25) is 0 Å². The summed E-state index contributed by atoms with van der Waals surface area (Å²) in [4.78, 5) is 0. The van der Waals surface area contributed by atoms with E-state index >= 15 is 0 Å². The molecule has 0 unspecified atom stereocenters. The van der Waals surface area contributed by atoms with E-state index in [-0.39, 0.29) is 0 Å². The molecule has 3 aromatic rings. The number of hydrogen-bond acceptors (Lipinski definition) is 3. The molecule has 137 valence electrons. The first-order chi connectivity index (χ1) is 12.4. The van der Waals surface area contributed by atoms with Crippen LogP contribution in [0.3, 0.4) is 0 Å². The van der Waals surface area contributed by atoms with Gasteiger partial charge in [0.15, 0.2) is 0 Å². The zero-order valence-electron chi connectivity index (χ0n) is 15.1. The number of benzene rings is 3. The van der Waals surface area contributed by atoms with Crippen molar-refractivity contribution in [3.8, 4) is 17.2 Å². The van der Waals surface area contributed by atoms with Gasteiger partial charge in [0.2, 0.25) is 0 Å². The molecule has 0 atom stereocenters. The molecule has 0 amide bonds. The van der Waals surface area contributed by atoms with Gasteiger partial charge in [-0.05, 0) is 57.2 Å². The molecule has 0 aliphatic carbocycles. The average molecular weight is 479 g/mol. The second-order valence-electron chi connectivity index (χ2n) is 5.51. The molecule has 3 aromatic carbocycles. The zero-order chi connectivity index (χ0) is 19.9. The van der Waals surface area contributed by atoms with E-state index in [1.165, 1.54) is 16.7 Å². The molecule has 0 spiro atoms. The van der Waals surface area contributed by atoms with Crippen LogP contribution in [0.1, 0.15) is 16.7 Å². The molecular weight excluding hydrogens is 454 g/mol. The van der Waals surface area contributed by atoms with E-state index in [1.807, 2.05) is 57.2 Å². The third kappa shape index (κ3) is 12.5. The quantitative estimate of drug-likeness (QED) is 0.379. The predicted molar refractivity (Wildman–Crippen MR) is 110 cm³/mol. The van der Waals surface area contributed by atoms with Crippen molar-refractivity contribution >= 4 is 30.3 Å². The Balaban J connectivity index is 0.000000344. The van der Waals surface area contributed by atoms with Gasteiger partial charge in [-0.25, -0.2) is 0 Å². The van der Waals surface area contributed by atoms with Crippen LogP contribution in [0, 0.1) is 20.8 Å². The summed E-state index contributed by atoms with van der Waals surface area (Å²) in [5.41, 5.74) is 3.51. The number of rotatable bonds is 0. The van der Waals surface area contributed by atoms with Crippen molar-refractivity contribution in [2.24, 2.45) is 0 Å². The number of aromatic hydroxyl groups is 3. The Morgan fingerprint density at radius 2 is 0.615 bits per heavy atom. The van der Waals surface area contributed by atoms with Crippen molar-refractivity contribution in [2.75, 3.05) is 0 Å². The van der Waals surface area contributed by atoms with Crippen molar-refractivity contribution in [1.29, 1.82) is 0 Å². The van der Waals surface area contributed by atoms with Crippen LogP contribution in [0.15, 0.2) is 72.8 Å². The Hall–Kier alpha value is -1.85. The molecule has 3 radical (unpaired) electrons. The molecule has 26 heavy (non-hydrogen) atoms. The Bertz CT molecular complexity index is 545. The van der Waals surface area contributed by atoms with E-state index in [4.69, 9.17) is 24.2 Å². The molecule has 0 aromatic heterocycles. The molecule has 5 heteroatoms. The third-order valence-corrected chi connectivity index (χ3v) is 3.10. The fourth-order valence-corrected chi connectivity index (χ4v) is 1.63. The molecule has 0 saturated carbocycles. The number of hydrogen-bond donors (Lipinski definition) is 3. The summed E-state index contributed by atoms with van der Waals surface area (Å²) < 4.78 is 0. The van der Waals surface area contributed by atoms with Gasteiger partial charge < -0.3 is 15.3 Å². The van der Waals surface area contributed by atoms with Crippen LogP contribution in [0.25, 0.3) is 0 Å². The molecule has 0 fully saturated rings. The van der Waals surface area contributed by atoms with Gasteiger partial charge in [-0.1, -0.05) is 53.1 Å². The van der Waals surface area contributed by atoms with E-state index in [0.29, 0.717) is 17.2 Å². The summed E-state index contributed by atoms with van der Waals surface area (Å²) >= 11 is 1.02. The number of phenolic OH excluding ortho intramolecular Hbond substituents is 3. The maximum absolute atomic E-state index is 8.76. The standard InChI is InChI=1S/3C7H8O.ClH.Sn/c3*1-6-2-4-7(8)5-3-6;;/h3*2-5,8H,1H3;1H;/q;;;;+1/p-1. The minimum atomic E-state index is 0.329. The number of phenols is 3. The van der Waals surface area contributed by atoms with Gasteiger partial charge in [0.05, 0.1) is 0 Å². The van der Waals surface area contributed by atoms with Crippen molar-refractivity contribution in [3.63, 3.8) is 0 Å². The Morgan fingerprint density at radius 1 is 0.462 bits per heavy atom. The number of halogens is 1. The fourth-order valence-electron chi connectivity index (χ4n) is 1.63. The molecule has 0 saturated heterocycles. The van der Waals surface area contributed by atoms with Crippen LogP contribution in [0.2, 0.25) is 0 Å². The van der Waals surface area contributed by atoms with E-state index in [9.17, 15) is 0 Å². The second-order valence-corrected chi connectivity index (χ2v) is 5.51. The fraction of sp³-hybridized carbons (Fsp3) is 0.143. The van der Waals surface area contributed by atoms with Gasteiger partial charge in [0.1, 0.15) is 17.2 Å². The van der Waals surface area contributed by atoms with Gasteiger partial charge in [-0.2, -0.15) is 0 Å². The summed E-state index contributed by atoms with van der Waals surface area (Å²) in [7, 11) is 4.73. The first kappa shape index (κ1) is 24.1. The maximum atomic E-state index is 8.76. The summed E-state index contributed by atoms with van der Waals surface area (Å²) in [5.74, 6) is 0.988. The van der Waals surface area contributed by atoms with Gasteiger partial charge in [0.25, 0.3) is 0 Å². The Labute approximate surface area is 172 Å². The summed E-state index contributed by atoms with van der Waals surface area (Å²) in [5, 5.41) is 26.3. The molecule has 0 aliphatic rings. The van der Waals surface area contributed by atoms with Crippen LogP contribution >= 0.6 is 8.92 Å². The molecule has 0 bridgehead atoms. The van der Waals surface area contributed by atoms with Gasteiger partial charge in [-0.15, -0.1) is 0 Å². The van der Waals surface area contributed by atoms with E-state index in [1.54, 1.807) is 36.4 Å². The summed E-state index contributed by atoms with van der Waals surface area (Å²) in [6, 6.07) is 21.3. The average Bonchev–Trinajstić information content (AvgIpc) is 2.65. The molecule has 3 N–H and O–H groups in total. The van der Waals surface area contributed by atoms with Crippen molar-refractivity contribution in [2.45, 2.75) is 20.8 Å². The van der Waals surface area contributed by atoms with Crippen molar-refractivity contribution < 1.29 is 15.3 Å². The molecule has 0 heterocycles. The van der Waals surface area contributed by atoms with E-state index in [0.717, 1.165) is 21.4 Å². The van der Waals surface area contributed by atoms with Crippen LogP contribution in [0.4, 0.5) is 0 Å². The first-order valence-electron chi connectivity index (χ1n) is 7.82. The van der Waals surface area contributed by atoms with Crippen molar-refractivity contribution in [3.05, 3.63) is 89.5 Å². The number of aryl methyl sites for hydroxylation is 3. The predicted octanol–water partition coefficient (Wildman–Crippen LogP) is 5.41. The molecule has 3 rings (SSSR count). The SMILES string of the molecule is Cc1ccc(O)cc1.Cc1ccc(O)cc1.Cc1ccc(O)cc1.[Cl][Sn]. The van der Waals surface area contributed by atoms with Crippen molar-refractivity contribution in [1.82, 2.24) is 0 Å². The van der Waals surface area contributed by atoms with E-state index in [2.05, 4.69) is 0 Å². The minimum absolute atomic E-state index is 0.329. The summed E-state index contributed by atoms with van der Waals surface area (Å²) in [6.45, 7) is 5.96. The van der Waals surface area contributed by atoms with Gasteiger partial charge in [0, 0.05) is 0 Å². The Morgan fingerprint density at radius 3 is 0.731 bits per heavy atom. The Kier molecular flexibility index (Phi) is 13.3. The molecular formula is C21H24ClO3Sn. The monoisotopic (exact) mass is 479 g/mol. The zero-order valence-corrected chi connectivity index (χ0v) is 18.8. The second kappa shape index (κ2) is 14.3. The molecule has 3 nitrogen and oxygen atoms in total. The first-order valence-corrected chi connectivity index (χ1v) is 11.4. The van der Waals surface area contributed by atoms with Crippen LogP contribution in [-0.2, 0) is 0 Å². The topological polar surface area (TPSA) is 60.7 Å². The molecule has 0 aliphatic heterocycles. The normalized spacial score (nSPS) is 8.65. The summed E-state index contributed by atoms with van der Waals surface area (Å²) in [6.07, 6.45) is 0. The third-order valence-electron chi connectivity index (χ3n) is 3.10. The van der Waals surface area contributed by atoms with Crippen LogP contribution < -0.4 is 0 Å². The van der Waals surface area contributed by atoms with E-state index < -0.39 is 0 Å². The van der Waals surface area contributed by atoms with Gasteiger partial charge >= 0.3 is 30.3 Å².